The van der Waals surface area contributed by atoms with E-state index >= 15 is 0 Å². The summed E-state index contributed by atoms with van der Waals surface area (Å²) >= 11 is 0. The van der Waals surface area contributed by atoms with E-state index in [-0.39, 0.29) is 10.8 Å². The molecule has 0 radical (unpaired) electrons. The molecule has 6 aliphatic rings. The van der Waals surface area contributed by atoms with Crippen molar-refractivity contribution in [3.8, 4) is 11.1 Å². The zero-order chi connectivity index (χ0) is 36.4. The summed E-state index contributed by atoms with van der Waals surface area (Å²) in [6.07, 6.45) is 8.61. The number of fused-ring (bicyclic) bond motifs is 5. The van der Waals surface area contributed by atoms with E-state index in [4.69, 9.17) is 0 Å². The maximum atomic E-state index is 2.50. The molecule has 54 heavy (non-hydrogen) atoms. The number of para-hydroxylation sites is 2. The van der Waals surface area contributed by atoms with E-state index in [0.717, 1.165) is 17.8 Å². The van der Waals surface area contributed by atoms with E-state index in [1.54, 1.807) is 5.56 Å². The van der Waals surface area contributed by atoms with Gasteiger partial charge in [-0.25, -0.2) is 0 Å². The summed E-state index contributed by atoms with van der Waals surface area (Å²) in [4.78, 5) is 4.95. The van der Waals surface area contributed by atoms with Crippen molar-refractivity contribution in [3.05, 3.63) is 167 Å². The summed E-state index contributed by atoms with van der Waals surface area (Å²) in [7, 11) is 0. The third-order valence-corrected chi connectivity index (χ3v) is 14.6. The second-order valence-corrected chi connectivity index (χ2v) is 18.5. The van der Waals surface area contributed by atoms with Crippen LogP contribution in [-0.4, -0.2) is 0 Å². The molecule has 0 unspecified atom stereocenters. The molecule has 12 rings (SSSR count). The minimum absolute atomic E-state index is 0.0668. The van der Waals surface area contributed by atoms with Crippen molar-refractivity contribution in [2.45, 2.75) is 82.5 Å². The number of benzene rings is 6. The number of hydrogen-bond donors (Lipinski definition) is 0. The highest BCUT2D eigenvalue weighted by Gasteiger charge is 2.51. The Hall–Kier alpha value is -5.08. The molecule has 268 valence electrons. The number of rotatable bonds is 5. The predicted molar refractivity (Wildman–Crippen MR) is 225 cm³/mol. The molecular formula is C52H50N2. The summed E-state index contributed by atoms with van der Waals surface area (Å²) in [5, 5.41) is 0. The van der Waals surface area contributed by atoms with Crippen LogP contribution in [0.2, 0.25) is 0 Å². The first-order chi connectivity index (χ1) is 26.2. The Balaban J connectivity index is 1.02. The smallest absolute Gasteiger partial charge is 0.0502 e. The van der Waals surface area contributed by atoms with Crippen molar-refractivity contribution in [1.82, 2.24) is 0 Å². The summed E-state index contributed by atoms with van der Waals surface area (Å²) in [5.41, 5.74) is 17.4. The molecule has 1 aliphatic heterocycles. The van der Waals surface area contributed by atoms with E-state index in [1.807, 2.05) is 0 Å². The zero-order valence-corrected chi connectivity index (χ0v) is 32.1. The fourth-order valence-corrected chi connectivity index (χ4v) is 12.4. The standard InChI is InChI=1S/C52H50N2/c1-50(2)44-12-6-5-11-42(44)43-26-25-41(30-47(43)50)53(38-19-17-37(18-20-38)52-31-34-27-35(32-52)29-36(28-34)33-52)39-21-23-40(24-22-39)54-48-15-9-7-13-45(48)51(3,4)46-14-8-10-16-49(46)54/h5-26,30,34-36H,27-29,31-33H2,1-4H3. The fraction of sp³-hybridized carbons (Fsp3) is 0.308. The van der Waals surface area contributed by atoms with Crippen LogP contribution in [0.25, 0.3) is 11.1 Å². The van der Waals surface area contributed by atoms with Gasteiger partial charge in [-0.2, -0.15) is 0 Å². The van der Waals surface area contributed by atoms with Crippen LogP contribution >= 0.6 is 0 Å². The lowest BCUT2D eigenvalue weighted by molar-refractivity contribution is -0.00518. The molecule has 6 aromatic carbocycles. The molecule has 4 saturated carbocycles. The van der Waals surface area contributed by atoms with Crippen molar-refractivity contribution in [1.29, 1.82) is 0 Å². The maximum absolute atomic E-state index is 2.50. The summed E-state index contributed by atoms with van der Waals surface area (Å²) in [6, 6.07) is 53.2. The molecule has 0 amide bonds. The van der Waals surface area contributed by atoms with Crippen LogP contribution in [0.4, 0.5) is 34.1 Å². The number of nitrogens with zero attached hydrogens (tertiary/aromatic N) is 2. The topological polar surface area (TPSA) is 6.48 Å². The normalized spacial score (nSPS) is 24.7. The third-order valence-electron chi connectivity index (χ3n) is 14.6. The van der Waals surface area contributed by atoms with Gasteiger partial charge in [-0.15, -0.1) is 0 Å². The highest BCUT2D eigenvalue weighted by atomic mass is 15.2. The van der Waals surface area contributed by atoms with E-state index < -0.39 is 0 Å². The Labute approximate surface area is 321 Å². The lowest BCUT2D eigenvalue weighted by Gasteiger charge is -2.57. The first-order valence-electron chi connectivity index (χ1n) is 20.4. The molecule has 1 heterocycles. The van der Waals surface area contributed by atoms with Gasteiger partial charge in [0.05, 0.1) is 11.4 Å². The average molecular weight is 703 g/mol. The molecule has 4 bridgehead atoms. The Morgan fingerprint density at radius 1 is 0.463 bits per heavy atom. The molecule has 5 aliphatic carbocycles. The fourth-order valence-electron chi connectivity index (χ4n) is 12.4. The van der Waals surface area contributed by atoms with E-state index in [9.17, 15) is 0 Å². The second-order valence-electron chi connectivity index (χ2n) is 18.5. The third kappa shape index (κ3) is 4.65. The first kappa shape index (κ1) is 32.4. The molecule has 0 saturated heterocycles. The van der Waals surface area contributed by atoms with Gasteiger partial charge in [0.25, 0.3) is 0 Å². The Bertz CT molecular complexity index is 2350. The number of hydrogen-bond acceptors (Lipinski definition) is 2. The van der Waals surface area contributed by atoms with Gasteiger partial charge in [0.1, 0.15) is 0 Å². The van der Waals surface area contributed by atoms with Crippen LogP contribution < -0.4 is 9.80 Å². The molecular weight excluding hydrogens is 653 g/mol. The Kier molecular flexibility index (Phi) is 6.87. The highest BCUT2D eigenvalue weighted by molar-refractivity contribution is 5.88. The van der Waals surface area contributed by atoms with Crippen molar-refractivity contribution >= 4 is 34.1 Å². The van der Waals surface area contributed by atoms with Crippen LogP contribution in [-0.2, 0) is 16.2 Å². The van der Waals surface area contributed by atoms with E-state index in [2.05, 4.69) is 177 Å². The van der Waals surface area contributed by atoms with Crippen LogP contribution in [0, 0.1) is 17.8 Å². The Morgan fingerprint density at radius 3 is 1.52 bits per heavy atom. The molecule has 2 heteroatoms. The lowest BCUT2D eigenvalue weighted by Crippen LogP contribution is -2.48. The van der Waals surface area contributed by atoms with Gasteiger partial charge in [-0.1, -0.05) is 107 Å². The molecule has 0 aromatic heterocycles. The van der Waals surface area contributed by atoms with Gasteiger partial charge in [0.2, 0.25) is 0 Å². The molecule has 4 fully saturated rings. The zero-order valence-electron chi connectivity index (χ0n) is 32.1. The van der Waals surface area contributed by atoms with Crippen molar-refractivity contribution in [2.75, 3.05) is 9.80 Å². The Morgan fingerprint density at radius 2 is 0.926 bits per heavy atom. The highest BCUT2D eigenvalue weighted by Crippen LogP contribution is 2.61. The van der Waals surface area contributed by atoms with Crippen LogP contribution in [0.3, 0.4) is 0 Å². The van der Waals surface area contributed by atoms with Gasteiger partial charge < -0.3 is 9.80 Å². The molecule has 0 N–H and O–H groups in total. The minimum atomic E-state index is -0.0796. The molecule has 0 atom stereocenters. The van der Waals surface area contributed by atoms with E-state index in [1.165, 1.54) is 106 Å². The van der Waals surface area contributed by atoms with Gasteiger partial charge in [0, 0.05) is 33.6 Å². The molecule has 0 spiro atoms. The van der Waals surface area contributed by atoms with Crippen LogP contribution in [0.1, 0.15) is 94.0 Å². The first-order valence-corrected chi connectivity index (χ1v) is 20.4. The van der Waals surface area contributed by atoms with Crippen molar-refractivity contribution in [2.24, 2.45) is 17.8 Å². The summed E-state index contributed by atoms with van der Waals surface area (Å²) in [6.45, 7) is 9.48. The maximum Gasteiger partial charge on any atom is 0.0502 e. The van der Waals surface area contributed by atoms with Gasteiger partial charge in [-0.3, -0.25) is 0 Å². The van der Waals surface area contributed by atoms with E-state index in [0.29, 0.717) is 5.41 Å². The number of anilines is 6. The van der Waals surface area contributed by atoms with Gasteiger partial charge in [-0.05, 0) is 161 Å². The van der Waals surface area contributed by atoms with Crippen LogP contribution in [0.15, 0.2) is 140 Å². The average Bonchev–Trinajstić information content (AvgIpc) is 3.41. The molecule has 2 nitrogen and oxygen atoms in total. The van der Waals surface area contributed by atoms with Gasteiger partial charge in [0.15, 0.2) is 0 Å². The molecule has 6 aromatic rings. The van der Waals surface area contributed by atoms with Crippen molar-refractivity contribution in [3.63, 3.8) is 0 Å². The lowest BCUT2D eigenvalue weighted by atomic mass is 9.48. The summed E-state index contributed by atoms with van der Waals surface area (Å²) < 4.78 is 0. The quantitative estimate of drug-likeness (QED) is 0.176. The predicted octanol–water partition coefficient (Wildman–Crippen LogP) is 14.0. The minimum Gasteiger partial charge on any atom is -0.310 e. The largest absolute Gasteiger partial charge is 0.310 e. The monoisotopic (exact) mass is 702 g/mol. The van der Waals surface area contributed by atoms with Crippen LogP contribution in [0.5, 0.6) is 0 Å². The second kappa shape index (κ2) is 11.5. The summed E-state index contributed by atoms with van der Waals surface area (Å²) in [5.74, 6) is 2.82. The van der Waals surface area contributed by atoms with Gasteiger partial charge >= 0.3 is 0 Å². The SMILES string of the molecule is CC1(C)c2ccccc2-c2ccc(N(c3ccc(N4c5ccccc5C(C)(C)c5ccccc54)cc3)c3ccc(C45CC6CC(CC(C6)C4)C5)cc3)cc21. The van der Waals surface area contributed by atoms with Crippen molar-refractivity contribution < 1.29 is 0 Å².